The first-order chi connectivity index (χ1) is 9.08. The molecule has 0 aliphatic rings. The Balaban J connectivity index is 2.16. The van der Waals surface area contributed by atoms with Crippen LogP contribution in [-0.2, 0) is 5.75 Å². The predicted molar refractivity (Wildman–Crippen MR) is 81.1 cm³/mol. The van der Waals surface area contributed by atoms with E-state index in [-0.39, 0.29) is 5.82 Å². The van der Waals surface area contributed by atoms with Gasteiger partial charge in [0.2, 0.25) is 0 Å². The summed E-state index contributed by atoms with van der Waals surface area (Å²) < 4.78 is 19.5. The van der Waals surface area contributed by atoms with Crippen molar-refractivity contribution in [2.75, 3.05) is 12.8 Å². The minimum absolute atomic E-state index is 0.316. The third kappa shape index (κ3) is 3.88. The SMILES string of the molecule is COc1ccc(Br)cc1CSc1cc(N)cc(F)c1. The lowest BCUT2D eigenvalue weighted by Crippen LogP contribution is -1.91. The van der Waals surface area contributed by atoms with Crippen LogP contribution in [0.4, 0.5) is 10.1 Å². The highest BCUT2D eigenvalue weighted by Crippen LogP contribution is 2.31. The fraction of sp³-hybridized carbons (Fsp3) is 0.143. The van der Waals surface area contributed by atoms with Crippen LogP contribution in [0, 0.1) is 5.82 Å². The molecule has 0 saturated carbocycles. The molecule has 0 spiro atoms. The van der Waals surface area contributed by atoms with Crippen molar-refractivity contribution in [2.24, 2.45) is 0 Å². The van der Waals surface area contributed by atoms with Crippen LogP contribution in [0.3, 0.4) is 0 Å². The summed E-state index contributed by atoms with van der Waals surface area (Å²) in [7, 11) is 1.64. The predicted octanol–water partition coefficient (Wildman–Crippen LogP) is 4.47. The van der Waals surface area contributed by atoms with Crippen LogP contribution < -0.4 is 10.5 Å². The smallest absolute Gasteiger partial charge is 0.126 e. The number of nitrogen functional groups attached to an aromatic ring is 1. The van der Waals surface area contributed by atoms with Crippen LogP contribution in [0.25, 0.3) is 0 Å². The highest BCUT2D eigenvalue weighted by Gasteiger charge is 2.06. The number of hydrogen-bond donors (Lipinski definition) is 1. The number of methoxy groups -OCH3 is 1. The first kappa shape index (κ1) is 14.2. The second-order valence-corrected chi connectivity index (χ2v) is 5.93. The quantitative estimate of drug-likeness (QED) is 0.658. The maximum absolute atomic E-state index is 13.2. The molecule has 19 heavy (non-hydrogen) atoms. The second-order valence-electron chi connectivity index (χ2n) is 3.97. The third-order valence-corrected chi connectivity index (χ3v) is 4.05. The Labute approximate surface area is 124 Å². The third-order valence-electron chi connectivity index (χ3n) is 2.53. The number of ether oxygens (including phenoxy) is 1. The topological polar surface area (TPSA) is 35.2 Å². The zero-order chi connectivity index (χ0) is 13.8. The van der Waals surface area contributed by atoms with E-state index in [1.807, 2.05) is 18.2 Å². The first-order valence-corrected chi connectivity index (χ1v) is 7.37. The minimum atomic E-state index is -0.316. The van der Waals surface area contributed by atoms with Crippen molar-refractivity contribution >= 4 is 33.4 Å². The molecule has 2 aromatic rings. The van der Waals surface area contributed by atoms with Gasteiger partial charge in [-0.25, -0.2) is 4.39 Å². The summed E-state index contributed by atoms with van der Waals surface area (Å²) in [6, 6.07) is 10.4. The molecule has 2 nitrogen and oxygen atoms in total. The summed E-state index contributed by atoms with van der Waals surface area (Å²) in [6.45, 7) is 0. The van der Waals surface area contributed by atoms with Crippen molar-refractivity contribution in [1.29, 1.82) is 0 Å². The van der Waals surface area contributed by atoms with Crippen LogP contribution >= 0.6 is 27.7 Å². The van der Waals surface area contributed by atoms with E-state index < -0.39 is 0 Å². The maximum Gasteiger partial charge on any atom is 0.126 e. The lowest BCUT2D eigenvalue weighted by molar-refractivity contribution is 0.411. The molecule has 2 aromatic carbocycles. The van der Waals surface area contributed by atoms with Gasteiger partial charge in [-0.1, -0.05) is 15.9 Å². The molecule has 0 aromatic heterocycles. The first-order valence-electron chi connectivity index (χ1n) is 5.60. The number of hydrogen-bond acceptors (Lipinski definition) is 3. The molecule has 0 aliphatic heterocycles. The zero-order valence-corrected chi connectivity index (χ0v) is 12.7. The lowest BCUT2D eigenvalue weighted by Gasteiger charge is -2.09. The van der Waals surface area contributed by atoms with Crippen molar-refractivity contribution < 1.29 is 9.13 Å². The molecule has 0 atom stereocenters. The maximum atomic E-state index is 13.2. The van der Waals surface area contributed by atoms with E-state index in [4.69, 9.17) is 10.5 Å². The Morgan fingerprint density at radius 1 is 1.26 bits per heavy atom. The van der Waals surface area contributed by atoms with E-state index in [1.165, 1.54) is 23.9 Å². The average molecular weight is 342 g/mol. The van der Waals surface area contributed by atoms with Gasteiger partial charge in [0.1, 0.15) is 11.6 Å². The van der Waals surface area contributed by atoms with Gasteiger partial charge in [0.25, 0.3) is 0 Å². The van der Waals surface area contributed by atoms with Gasteiger partial charge >= 0.3 is 0 Å². The van der Waals surface area contributed by atoms with Gasteiger partial charge in [-0.15, -0.1) is 11.8 Å². The van der Waals surface area contributed by atoms with Gasteiger partial charge in [0, 0.05) is 26.4 Å². The number of halogens is 2. The van der Waals surface area contributed by atoms with Gasteiger partial charge in [-0.05, 0) is 36.4 Å². The molecule has 0 radical (unpaired) electrons. The Kier molecular flexibility index (Phi) is 4.71. The summed E-state index contributed by atoms with van der Waals surface area (Å²) in [6.07, 6.45) is 0. The zero-order valence-electron chi connectivity index (χ0n) is 10.3. The molecule has 2 N–H and O–H groups in total. The number of anilines is 1. The number of thioether (sulfide) groups is 1. The normalized spacial score (nSPS) is 10.5. The van der Waals surface area contributed by atoms with E-state index in [0.717, 1.165) is 20.7 Å². The lowest BCUT2D eigenvalue weighted by atomic mass is 10.2. The molecule has 0 heterocycles. The summed E-state index contributed by atoms with van der Waals surface area (Å²) in [5.74, 6) is 1.19. The second kappa shape index (κ2) is 6.30. The van der Waals surface area contributed by atoms with Crippen LogP contribution in [-0.4, -0.2) is 7.11 Å². The van der Waals surface area contributed by atoms with E-state index >= 15 is 0 Å². The van der Waals surface area contributed by atoms with Gasteiger partial charge < -0.3 is 10.5 Å². The van der Waals surface area contributed by atoms with Crippen molar-refractivity contribution in [2.45, 2.75) is 10.6 Å². The van der Waals surface area contributed by atoms with Gasteiger partial charge in [-0.2, -0.15) is 0 Å². The number of benzene rings is 2. The van der Waals surface area contributed by atoms with E-state index in [0.29, 0.717) is 11.4 Å². The van der Waals surface area contributed by atoms with E-state index in [2.05, 4.69) is 15.9 Å². The Morgan fingerprint density at radius 2 is 2.05 bits per heavy atom. The molecule has 2 rings (SSSR count). The highest BCUT2D eigenvalue weighted by molar-refractivity contribution is 9.10. The Morgan fingerprint density at radius 3 is 2.74 bits per heavy atom. The van der Waals surface area contributed by atoms with Crippen molar-refractivity contribution in [3.63, 3.8) is 0 Å². The van der Waals surface area contributed by atoms with Crippen molar-refractivity contribution in [3.8, 4) is 5.75 Å². The molecule has 0 saturated heterocycles. The molecular formula is C14H13BrFNOS. The summed E-state index contributed by atoms with van der Waals surface area (Å²) in [5.41, 5.74) is 7.10. The fourth-order valence-corrected chi connectivity index (χ4v) is 3.06. The summed E-state index contributed by atoms with van der Waals surface area (Å²) >= 11 is 4.95. The van der Waals surface area contributed by atoms with Crippen LogP contribution in [0.1, 0.15) is 5.56 Å². The van der Waals surface area contributed by atoms with Crippen molar-refractivity contribution in [1.82, 2.24) is 0 Å². The molecule has 0 unspecified atom stereocenters. The number of rotatable bonds is 4. The van der Waals surface area contributed by atoms with Gasteiger partial charge in [0.05, 0.1) is 7.11 Å². The Hall–Kier alpha value is -1.20. The standard InChI is InChI=1S/C14H13BrFNOS/c1-18-14-3-2-10(15)4-9(14)8-19-13-6-11(16)5-12(17)7-13/h2-7H,8,17H2,1H3. The molecule has 0 bridgehead atoms. The average Bonchev–Trinajstić information content (AvgIpc) is 2.35. The monoisotopic (exact) mass is 341 g/mol. The minimum Gasteiger partial charge on any atom is -0.496 e. The molecule has 100 valence electrons. The Bertz CT molecular complexity index is 571. The van der Waals surface area contributed by atoms with Crippen LogP contribution in [0.2, 0.25) is 0 Å². The van der Waals surface area contributed by atoms with Crippen LogP contribution in [0.5, 0.6) is 5.75 Å². The van der Waals surface area contributed by atoms with E-state index in [1.54, 1.807) is 13.2 Å². The molecule has 5 heteroatoms. The molecule has 0 amide bonds. The molecule has 0 aliphatic carbocycles. The molecule has 0 fully saturated rings. The highest BCUT2D eigenvalue weighted by atomic mass is 79.9. The fourth-order valence-electron chi connectivity index (χ4n) is 1.69. The van der Waals surface area contributed by atoms with E-state index in [9.17, 15) is 4.39 Å². The van der Waals surface area contributed by atoms with Crippen molar-refractivity contribution in [3.05, 3.63) is 52.3 Å². The molecular weight excluding hydrogens is 329 g/mol. The van der Waals surface area contributed by atoms with Gasteiger partial charge in [0.15, 0.2) is 0 Å². The summed E-state index contributed by atoms with van der Waals surface area (Å²) in [4.78, 5) is 0.805. The number of nitrogens with two attached hydrogens (primary N) is 1. The van der Waals surface area contributed by atoms with Gasteiger partial charge in [-0.3, -0.25) is 0 Å². The summed E-state index contributed by atoms with van der Waals surface area (Å²) in [5, 5.41) is 0. The van der Waals surface area contributed by atoms with Crippen LogP contribution in [0.15, 0.2) is 45.8 Å². The largest absolute Gasteiger partial charge is 0.496 e.